The van der Waals surface area contributed by atoms with E-state index in [4.69, 9.17) is 0 Å². The summed E-state index contributed by atoms with van der Waals surface area (Å²) < 4.78 is 26.5. The van der Waals surface area contributed by atoms with Gasteiger partial charge in [-0.1, -0.05) is 30.3 Å². The van der Waals surface area contributed by atoms with Gasteiger partial charge in [-0.05, 0) is 71.9 Å². The molecule has 0 atom stereocenters. The summed E-state index contributed by atoms with van der Waals surface area (Å²) in [6, 6.07) is 20.8. The second-order valence-electron chi connectivity index (χ2n) is 6.01. The van der Waals surface area contributed by atoms with Crippen molar-refractivity contribution in [2.75, 3.05) is 4.90 Å². The third-order valence-corrected chi connectivity index (χ3v) is 5.01. The van der Waals surface area contributed by atoms with Crippen LogP contribution in [-0.4, -0.2) is 11.1 Å². The van der Waals surface area contributed by atoms with Crippen molar-refractivity contribution in [3.63, 3.8) is 0 Å². The molecule has 0 aliphatic carbocycles. The van der Waals surface area contributed by atoms with Crippen LogP contribution in [0.15, 0.2) is 88.8 Å². The van der Waals surface area contributed by atoms with Crippen molar-refractivity contribution in [3.05, 3.63) is 101 Å². The summed E-state index contributed by atoms with van der Waals surface area (Å²) >= 11 is 1.22. The SMILES string of the molecule is O=C1/C(=C/c2ccccc2)SC(=Nc2ccc(F)cc2)N1c1ccc(F)cc1. The highest BCUT2D eigenvalue weighted by molar-refractivity contribution is 8.19. The lowest BCUT2D eigenvalue weighted by Gasteiger charge is -2.15. The standard InChI is InChI=1S/C22H14F2N2OS/c23-16-6-10-18(11-7-16)25-22-26(19-12-8-17(24)9-13-19)21(27)20(28-22)14-15-4-2-1-3-5-15/h1-14H/b20-14-,25-22?. The lowest BCUT2D eigenvalue weighted by Crippen LogP contribution is -2.28. The molecule has 1 aliphatic rings. The Kier molecular flexibility index (Phi) is 5.04. The number of carbonyl (C=O) groups is 1. The fraction of sp³-hybridized carbons (Fsp3) is 0. The third-order valence-electron chi connectivity index (χ3n) is 4.04. The lowest BCUT2D eigenvalue weighted by atomic mass is 10.2. The van der Waals surface area contributed by atoms with Crippen LogP contribution < -0.4 is 4.90 Å². The molecule has 0 unspecified atom stereocenters. The van der Waals surface area contributed by atoms with E-state index in [1.807, 2.05) is 30.3 Å². The number of carbonyl (C=O) groups excluding carboxylic acids is 1. The molecule has 1 aliphatic heterocycles. The second-order valence-corrected chi connectivity index (χ2v) is 7.02. The van der Waals surface area contributed by atoms with Gasteiger partial charge in [0.1, 0.15) is 11.6 Å². The number of nitrogens with zero attached hydrogens (tertiary/aromatic N) is 2. The molecule has 1 saturated heterocycles. The zero-order valence-electron chi connectivity index (χ0n) is 14.5. The van der Waals surface area contributed by atoms with Gasteiger partial charge < -0.3 is 0 Å². The Labute approximate surface area is 165 Å². The van der Waals surface area contributed by atoms with Gasteiger partial charge in [-0.15, -0.1) is 0 Å². The Bertz CT molecular complexity index is 1060. The molecule has 0 N–H and O–H groups in total. The summed E-state index contributed by atoms with van der Waals surface area (Å²) in [5.41, 5.74) is 1.92. The Balaban J connectivity index is 1.77. The summed E-state index contributed by atoms with van der Waals surface area (Å²) in [5, 5.41) is 0.422. The monoisotopic (exact) mass is 392 g/mol. The molecule has 3 nitrogen and oxygen atoms in total. The van der Waals surface area contributed by atoms with E-state index in [9.17, 15) is 13.6 Å². The molecule has 1 amide bonds. The maximum atomic E-state index is 13.3. The molecular weight excluding hydrogens is 378 g/mol. The minimum Gasteiger partial charge on any atom is -0.268 e. The van der Waals surface area contributed by atoms with Crippen LogP contribution in [-0.2, 0) is 4.79 Å². The van der Waals surface area contributed by atoms with Crippen molar-refractivity contribution < 1.29 is 13.6 Å². The molecule has 0 bridgehead atoms. The van der Waals surface area contributed by atoms with Crippen molar-refractivity contribution in [2.45, 2.75) is 0 Å². The number of hydrogen-bond acceptors (Lipinski definition) is 3. The van der Waals surface area contributed by atoms with Crippen LogP contribution in [0.25, 0.3) is 6.08 Å². The fourth-order valence-corrected chi connectivity index (χ4v) is 3.69. The van der Waals surface area contributed by atoms with E-state index in [0.29, 0.717) is 21.4 Å². The van der Waals surface area contributed by atoms with E-state index in [1.54, 1.807) is 6.08 Å². The molecule has 4 rings (SSSR count). The van der Waals surface area contributed by atoms with Crippen LogP contribution in [0.4, 0.5) is 20.2 Å². The van der Waals surface area contributed by atoms with Crippen molar-refractivity contribution in [1.29, 1.82) is 0 Å². The number of amides is 1. The highest BCUT2D eigenvalue weighted by atomic mass is 32.2. The number of hydrogen-bond donors (Lipinski definition) is 0. The van der Waals surface area contributed by atoms with Gasteiger partial charge in [0.2, 0.25) is 0 Å². The molecule has 3 aromatic carbocycles. The van der Waals surface area contributed by atoms with E-state index in [-0.39, 0.29) is 17.5 Å². The summed E-state index contributed by atoms with van der Waals surface area (Å²) in [4.78, 5) is 19.5. The first-order valence-corrected chi connectivity index (χ1v) is 9.31. The van der Waals surface area contributed by atoms with Crippen LogP contribution >= 0.6 is 11.8 Å². The summed E-state index contributed by atoms with van der Waals surface area (Å²) in [6.07, 6.45) is 1.79. The van der Waals surface area contributed by atoms with Crippen molar-refractivity contribution >= 4 is 40.3 Å². The molecule has 138 valence electrons. The number of halogens is 2. The van der Waals surface area contributed by atoms with Gasteiger partial charge in [-0.25, -0.2) is 13.8 Å². The molecule has 0 saturated carbocycles. The summed E-state index contributed by atoms with van der Waals surface area (Å²) in [5.74, 6) is -0.999. The minimum absolute atomic E-state index is 0.249. The van der Waals surface area contributed by atoms with Crippen molar-refractivity contribution in [3.8, 4) is 0 Å². The number of anilines is 1. The molecular formula is C22H14F2N2OS. The quantitative estimate of drug-likeness (QED) is 0.530. The highest BCUT2D eigenvalue weighted by Gasteiger charge is 2.34. The molecule has 1 heterocycles. The normalized spacial score (nSPS) is 16.9. The topological polar surface area (TPSA) is 32.7 Å². The predicted molar refractivity (Wildman–Crippen MR) is 109 cm³/mol. The van der Waals surface area contributed by atoms with Crippen LogP contribution in [0.5, 0.6) is 0 Å². The largest absolute Gasteiger partial charge is 0.271 e. The Morgan fingerprint density at radius 3 is 2.07 bits per heavy atom. The second kappa shape index (κ2) is 7.78. The van der Waals surface area contributed by atoms with Gasteiger partial charge in [0.25, 0.3) is 5.91 Å². The average Bonchev–Trinajstić information content (AvgIpc) is 3.00. The van der Waals surface area contributed by atoms with Gasteiger partial charge in [0.15, 0.2) is 5.17 Å². The fourth-order valence-electron chi connectivity index (χ4n) is 2.69. The number of benzene rings is 3. The van der Waals surface area contributed by atoms with E-state index < -0.39 is 0 Å². The third kappa shape index (κ3) is 3.87. The van der Waals surface area contributed by atoms with Gasteiger partial charge >= 0.3 is 0 Å². The number of aliphatic imine (C=N–C) groups is 1. The molecule has 0 radical (unpaired) electrons. The first-order chi connectivity index (χ1) is 13.6. The van der Waals surface area contributed by atoms with Gasteiger partial charge in [0.05, 0.1) is 16.3 Å². The average molecular weight is 392 g/mol. The first kappa shape index (κ1) is 18.1. The number of rotatable bonds is 3. The predicted octanol–water partition coefficient (Wildman–Crippen LogP) is 5.77. The summed E-state index contributed by atoms with van der Waals surface area (Å²) in [6.45, 7) is 0. The highest BCUT2D eigenvalue weighted by Crippen LogP contribution is 2.37. The number of amidine groups is 1. The van der Waals surface area contributed by atoms with Crippen LogP contribution in [0.1, 0.15) is 5.56 Å². The van der Waals surface area contributed by atoms with Crippen molar-refractivity contribution in [2.24, 2.45) is 4.99 Å². The van der Waals surface area contributed by atoms with Gasteiger partial charge in [-0.2, -0.15) is 0 Å². The molecule has 0 aromatic heterocycles. The Morgan fingerprint density at radius 1 is 0.821 bits per heavy atom. The minimum atomic E-state index is -0.389. The zero-order valence-corrected chi connectivity index (χ0v) is 15.4. The Hall–Kier alpha value is -3.25. The first-order valence-electron chi connectivity index (χ1n) is 8.49. The lowest BCUT2D eigenvalue weighted by molar-refractivity contribution is -0.113. The van der Waals surface area contributed by atoms with Crippen LogP contribution in [0.2, 0.25) is 0 Å². The van der Waals surface area contributed by atoms with E-state index in [2.05, 4.69) is 4.99 Å². The zero-order chi connectivity index (χ0) is 19.5. The molecule has 0 spiro atoms. The Morgan fingerprint density at radius 2 is 1.43 bits per heavy atom. The molecule has 1 fully saturated rings. The molecule has 3 aromatic rings. The van der Waals surface area contributed by atoms with Crippen LogP contribution in [0, 0.1) is 11.6 Å². The van der Waals surface area contributed by atoms with Gasteiger partial charge in [-0.3, -0.25) is 9.69 Å². The smallest absolute Gasteiger partial charge is 0.268 e. The number of thioether (sulfide) groups is 1. The molecule has 28 heavy (non-hydrogen) atoms. The van der Waals surface area contributed by atoms with E-state index in [0.717, 1.165) is 5.56 Å². The summed E-state index contributed by atoms with van der Waals surface area (Å²) in [7, 11) is 0. The van der Waals surface area contributed by atoms with E-state index in [1.165, 1.54) is 65.2 Å². The van der Waals surface area contributed by atoms with Gasteiger partial charge in [0, 0.05) is 0 Å². The van der Waals surface area contributed by atoms with Crippen LogP contribution in [0.3, 0.4) is 0 Å². The van der Waals surface area contributed by atoms with E-state index >= 15 is 0 Å². The molecule has 6 heteroatoms. The maximum absolute atomic E-state index is 13.3. The maximum Gasteiger partial charge on any atom is 0.271 e. The van der Waals surface area contributed by atoms with Crippen molar-refractivity contribution in [1.82, 2.24) is 0 Å².